The van der Waals surface area contributed by atoms with Crippen molar-refractivity contribution in [2.75, 3.05) is 19.6 Å². The number of benzene rings is 1. The summed E-state index contributed by atoms with van der Waals surface area (Å²) in [5, 5.41) is 8.93. The van der Waals surface area contributed by atoms with Crippen molar-refractivity contribution < 1.29 is 0 Å². The maximum absolute atomic E-state index is 8.93. The Morgan fingerprint density at radius 2 is 2.17 bits per heavy atom. The van der Waals surface area contributed by atoms with Gasteiger partial charge in [-0.25, -0.2) is 0 Å². The largest absolute Gasteiger partial charge is 0.329 e. The average molecular weight is 333 g/mol. The lowest BCUT2D eigenvalue weighted by atomic mass is 10.0. The number of likely N-dealkylation sites (N-methyl/N-ethyl adjacent to an activating group) is 1. The predicted molar refractivity (Wildman–Crippen MR) is 80.8 cm³/mol. The standard InChI is InChI=1S/C13H18BrN3.ClH/c1-3-17(7-6-15)10(2)12-8-11(9-16)4-5-13(12)14;/h4-5,8,10H,3,6-7,15H2,1-2H3;1H. The lowest BCUT2D eigenvalue weighted by Crippen LogP contribution is -2.32. The van der Waals surface area contributed by atoms with Crippen LogP contribution in [0.5, 0.6) is 0 Å². The second kappa shape index (κ2) is 8.49. The van der Waals surface area contributed by atoms with E-state index in [9.17, 15) is 0 Å². The van der Waals surface area contributed by atoms with Gasteiger partial charge >= 0.3 is 0 Å². The molecule has 0 spiro atoms. The molecule has 0 bridgehead atoms. The first-order valence-corrected chi connectivity index (χ1v) is 6.57. The summed E-state index contributed by atoms with van der Waals surface area (Å²) >= 11 is 3.54. The fourth-order valence-electron chi connectivity index (χ4n) is 1.92. The molecule has 18 heavy (non-hydrogen) atoms. The molecule has 0 amide bonds. The maximum Gasteiger partial charge on any atom is 0.0991 e. The van der Waals surface area contributed by atoms with Crippen molar-refractivity contribution in [2.24, 2.45) is 5.73 Å². The van der Waals surface area contributed by atoms with Gasteiger partial charge in [0.15, 0.2) is 0 Å². The quantitative estimate of drug-likeness (QED) is 0.901. The first-order chi connectivity index (χ1) is 8.13. The molecule has 1 rings (SSSR count). The third-order valence-electron chi connectivity index (χ3n) is 2.95. The van der Waals surface area contributed by atoms with Crippen LogP contribution in [-0.4, -0.2) is 24.5 Å². The second-order valence-electron chi connectivity index (χ2n) is 3.94. The lowest BCUT2D eigenvalue weighted by Gasteiger charge is -2.28. The van der Waals surface area contributed by atoms with E-state index in [-0.39, 0.29) is 18.4 Å². The molecule has 3 nitrogen and oxygen atoms in total. The average Bonchev–Trinajstić information content (AvgIpc) is 2.35. The van der Waals surface area contributed by atoms with Gasteiger partial charge in [0, 0.05) is 23.6 Å². The van der Waals surface area contributed by atoms with Crippen molar-refractivity contribution in [3.8, 4) is 6.07 Å². The maximum atomic E-state index is 8.93. The van der Waals surface area contributed by atoms with E-state index in [0.717, 1.165) is 23.1 Å². The summed E-state index contributed by atoms with van der Waals surface area (Å²) in [5.74, 6) is 0. The Bertz CT molecular complexity index is 417. The van der Waals surface area contributed by atoms with Crippen molar-refractivity contribution >= 4 is 28.3 Å². The Labute approximate surface area is 123 Å². The Morgan fingerprint density at radius 3 is 2.67 bits per heavy atom. The van der Waals surface area contributed by atoms with Crippen LogP contribution in [0.2, 0.25) is 0 Å². The van der Waals surface area contributed by atoms with E-state index in [1.54, 1.807) is 0 Å². The van der Waals surface area contributed by atoms with Crippen LogP contribution in [0, 0.1) is 11.3 Å². The fraction of sp³-hybridized carbons (Fsp3) is 0.462. The summed E-state index contributed by atoms with van der Waals surface area (Å²) in [6, 6.07) is 8.12. The van der Waals surface area contributed by atoms with Crippen molar-refractivity contribution in [1.29, 1.82) is 5.26 Å². The van der Waals surface area contributed by atoms with Gasteiger partial charge in [-0.2, -0.15) is 5.26 Å². The van der Waals surface area contributed by atoms with Gasteiger partial charge in [0.1, 0.15) is 0 Å². The van der Waals surface area contributed by atoms with E-state index in [0.29, 0.717) is 12.1 Å². The van der Waals surface area contributed by atoms with Crippen LogP contribution < -0.4 is 5.73 Å². The molecule has 2 N–H and O–H groups in total. The van der Waals surface area contributed by atoms with E-state index < -0.39 is 0 Å². The minimum absolute atomic E-state index is 0. The highest BCUT2D eigenvalue weighted by atomic mass is 79.9. The molecule has 0 saturated heterocycles. The highest BCUT2D eigenvalue weighted by Gasteiger charge is 2.16. The van der Waals surface area contributed by atoms with Gasteiger partial charge in [0.05, 0.1) is 11.6 Å². The molecule has 0 aliphatic rings. The van der Waals surface area contributed by atoms with Gasteiger partial charge in [-0.3, -0.25) is 4.90 Å². The monoisotopic (exact) mass is 331 g/mol. The van der Waals surface area contributed by atoms with Crippen LogP contribution >= 0.6 is 28.3 Å². The molecule has 100 valence electrons. The zero-order chi connectivity index (χ0) is 12.8. The molecule has 0 fully saturated rings. The third-order valence-corrected chi connectivity index (χ3v) is 3.67. The zero-order valence-corrected chi connectivity index (χ0v) is 13.1. The zero-order valence-electron chi connectivity index (χ0n) is 10.7. The van der Waals surface area contributed by atoms with E-state index in [1.807, 2.05) is 18.2 Å². The molecule has 0 saturated carbocycles. The topological polar surface area (TPSA) is 53.0 Å². The van der Waals surface area contributed by atoms with Gasteiger partial charge in [0.2, 0.25) is 0 Å². The van der Waals surface area contributed by atoms with Crippen LogP contribution in [0.15, 0.2) is 22.7 Å². The summed E-state index contributed by atoms with van der Waals surface area (Å²) in [6.07, 6.45) is 0. The summed E-state index contributed by atoms with van der Waals surface area (Å²) < 4.78 is 1.04. The lowest BCUT2D eigenvalue weighted by molar-refractivity contribution is 0.228. The Morgan fingerprint density at radius 1 is 1.50 bits per heavy atom. The summed E-state index contributed by atoms with van der Waals surface area (Å²) in [7, 11) is 0. The first kappa shape index (κ1) is 17.4. The molecular weight excluding hydrogens is 314 g/mol. The SMILES string of the molecule is CCN(CCN)C(C)c1cc(C#N)ccc1Br.Cl. The molecule has 0 radical (unpaired) electrons. The van der Waals surface area contributed by atoms with Crippen molar-refractivity contribution in [3.05, 3.63) is 33.8 Å². The number of hydrogen-bond acceptors (Lipinski definition) is 3. The van der Waals surface area contributed by atoms with Gasteiger partial charge in [-0.05, 0) is 37.2 Å². The smallest absolute Gasteiger partial charge is 0.0991 e. The van der Waals surface area contributed by atoms with Gasteiger partial charge < -0.3 is 5.73 Å². The molecule has 1 aromatic rings. The van der Waals surface area contributed by atoms with Crippen LogP contribution in [-0.2, 0) is 0 Å². The molecule has 1 atom stereocenters. The van der Waals surface area contributed by atoms with Crippen molar-refractivity contribution in [1.82, 2.24) is 4.90 Å². The van der Waals surface area contributed by atoms with Crippen molar-refractivity contribution in [2.45, 2.75) is 19.9 Å². The minimum atomic E-state index is 0. The van der Waals surface area contributed by atoms with Gasteiger partial charge in [-0.15, -0.1) is 12.4 Å². The number of halogens is 2. The van der Waals surface area contributed by atoms with E-state index in [4.69, 9.17) is 11.0 Å². The van der Waals surface area contributed by atoms with Crippen LogP contribution in [0.1, 0.15) is 31.0 Å². The number of nitrogens with two attached hydrogens (primary N) is 1. The van der Waals surface area contributed by atoms with Crippen molar-refractivity contribution in [3.63, 3.8) is 0 Å². The number of nitriles is 1. The first-order valence-electron chi connectivity index (χ1n) is 5.77. The number of hydrogen-bond donors (Lipinski definition) is 1. The number of nitrogens with zero attached hydrogens (tertiary/aromatic N) is 2. The number of rotatable bonds is 5. The fourth-order valence-corrected chi connectivity index (χ4v) is 2.50. The molecule has 0 heterocycles. The third kappa shape index (κ3) is 4.25. The van der Waals surface area contributed by atoms with E-state index >= 15 is 0 Å². The molecular formula is C13H19BrClN3. The molecule has 5 heteroatoms. The van der Waals surface area contributed by atoms with Gasteiger partial charge in [0.25, 0.3) is 0 Å². The Hall–Kier alpha value is -0.600. The van der Waals surface area contributed by atoms with Gasteiger partial charge in [-0.1, -0.05) is 22.9 Å². The normalized spacial score (nSPS) is 11.8. The van der Waals surface area contributed by atoms with E-state index in [2.05, 4.69) is 40.7 Å². The van der Waals surface area contributed by atoms with Crippen LogP contribution in [0.25, 0.3) is 0 Å². The predicted octanol–water partition coefficient (Wildman–Crippen LogP) is 3.08. The Balaban J connectivity index is 0.00000289. The Kier molecular flexibility index (Phi) is 8.21. The highest BCUT2D eigenvalue weighted by molar-refractivity contribution is 9.10. The van der Waals surface area contributed by atoms with Crippen LogP contribution in [0.3, 0.4) is 0 Å². The molecule has 1 aromatic carbocycles. The molecule has 0 aliphatic heterocycles. The second-order valence-corrected chi connectivity index (χ2v) is 4.80. The summed E-state index contributed by atoms with van der Waals surface area (Å²) in [4.78, 5) is 2.29. The minimum Gasteiger partial charge on any atom is -0.329 e. The molecule has 0 aliphatic carbocycles. The summed E-state index contributed by atoms with van der Waals surface area (Å²) in [5.41, 5.74) is 7.44. The summed E-state index contributed by atoms with van der Waals surface area (Å²) in [6.45, 7) is 6.71. The van der Waals surface area contributed by atoms with Crippen LogP contribution in [0.4, 0.5) is 0 Å². The molecule has 1 unspecified atom stereocenters. The van der Waals surface area contributed by atoms with E-state index in [1.165, 1.54) is 0 Å². The molecule has 0 aromatic heterocycles. The highest BCUT2D eigenvalue weighted by Crippen LogP contribution is 2.28.